The van der Waals surface area contributed by atoms with Gasteiger partial charge in [0.25, 0.3) is 0 Å². The summed E-state index contributed by atoms with van der Waals surface area (Å²) >= 11 is 1.29. The van der Waals surface area contributed by atoms with Crippen LogP contribution >= 0.6 is 11.6 Å². The Kier molecular flexibility index (Phi) is 11.5. The molecule has 0 bridgehead atoms. The van der Waals surface area contributed by atoms with Crippen molar-refractivity contribution in [2.24, 2.45) is 5.41 Å². The van der Waals surface area contributed by atoms with Crippen LogP contribution in [0.3, 0.4) is 0 Å². The number of rotatable bonds is 10. The second-order valence-corrected chi connectivity index (χ2v) is 12.3. The summed E-state index contributed by atoms with van der Waals surface area (Å²) in [5.74, 6) is -0.973. The molecule has 0 aliphatic heterocycles. The van der Waals surface area contributed by atoms with Crippen molar-refractivity contribution in [1.29, 1.82) is 0 Å². The van der Waals surface area contributed by atoms with E-state index < -0.39 is 52.2 Å². The normalized spacial score (nSPS) is 13.3. The maximum absolute atomic E-state index is 12.8. The molecule has 5 nitrogen and oxygen atoms in total. The zero-order valence-electron chi connectivity index (χ0n) is 18.2. The fourth-order valence-electron chi connectivity index (χ4n) is 2.13. The zero-order valence-corrected chi connectivity index (χ0v) is 19.8. The quantitative estimate of drug-likeness (QED) is 0.415. The van der Waals surface area contributed by atoms with Gasteiger partial charge >= 0.3 is 6.02 Å². The Balaban J connectivity index is 5.55. The molecule has 0 aliphatic carbocycles. The molecule has 12 radical (unpaired) electrons. The largest absolute Gasteiger partial charge is 0.344 e. The SMILES string of the molecule is [B]B([B])B([B])SCC(NB(B([B])[B])S(=O)(=O)NC(=O)B([B])C(C)(C)C)C(C)(C)C. The zero-order chi connectivity index (χ0) is 23.4. The Morgan fingerprint density at radius 2 is 1.45 bits per heavy atom. The molecule has 0 saturated heterocycles. The number of hydrogen-bond acceptors (Lipinski definition) is 5. The Morgan fingerprint density at radius 3 is 1.79 bits per heavy atom. The molecule has 0 rings (SSSR count). The molecule has 2 N–H and O–H groups in total. The highest BCUT2D eigenvalue weighted by Crippen LogP contribution is 2.26. The van der Waals surface area contributed by atoms with Crippen LogP contribution in [0.2, 0.25) is 5.31 Å². The lowest BCUT2D eigenvalue weighted by atomic mass is 8.95. The third kappa shape index (κ3) is 10.1. The molecule has 1 unspecified atom stereocenters. The van der Waals surface area contributed by atoms with Gasteiger partial charge in [0.2, 0.25) is 6.60 Å². The Morgan fingerprint density at radius 1 is 0.966 bits per heavy atom. The van der Waals surface area contributed by atoms with Crippen molar-refractivity contribution in [2.75, 3.05) is 5.75 Å². The van der Waals surface area contributed by atoms with Crippen molar-refractivity contribution in [3.8, 4) is 0 Å². The molecule has 0 spiro atoms. The van der Waals surface area contributed by atoms with Gasteiger partial charge in [-0.1, -0.05) is 46.9 Å². The lowest BCUT2D eigenvalue weighted by Gasteiger charge is -2.36. The summed E-state index contributed by atoms with van der Waals surface area (Å²) in [5.41, 5.74) is -0.389. The minimum atomic E-state index is -4.27. The van der Waals surface area contributed by atoms with E-state index >= 15 is 0 Å². The number of carbonyl (C=O) groups is 1. The highest BCUT2D eigenvalue weighted by Gasteiger charge is 2.41. The van der Waals surface area contributed by atoms with Gasteiger partial charge in [-0.15, -0.1) is 0 Å². The van der Waals surface area contributed by atoms with Crippen molar-refractivity contribution in [3.05, 3.63) is 0 Å². The van der Waals surface area contributed by atoms with E-state index in [1.165, 1.54) is 11.6 Å². The maximum atomic E-state index is 12.8. The van der Waals surface area contributed by atoms with Gasteiger partial charge in [0.05, 0.1) is 6.39 Å². The van der Waals surface area contributed by atoms with Gasteiger partial charge in [-0.2, -0.15) is 0 Å². The van der Waals surface area contributed by atoms with E-state index in [1.54, 1.807) is 20.8 Å². The van der Waals surface area contributed by atoms with Gasteiger partial charge < -0.3 is 5.23 Å². The van der Waals surface area contributed by atoms with Crippen molar-refractivity contribution in [3.63, 3.8) is 0 Å². The number of carbonyl (C=O) groups excluding carboxylic acids is 1. The average molecular weight is 414 g/mol. The lowest BCUT2D eigenvalue weighted by Crippen LogP contribution is -2.65. The average Bonchev–Trinajstić information content (AvgIpc) is 2.50. The third-order valence-corrected chi connectivity index (χ3v) is 7.22. The molecule has 0 aromatic carbocycles. The topological polar surface area (TPSA) is 75.3 Å². The minimum absolute atomic E-state index is 0.389. The molecule has 140 valence electrons. The van der Waals surface area contributed by atoms with Gasteiger partial charge in [0.15, 0.2) is 15.7 Å². The summed E-state index contributed by atoms with van der Waals surface area (Å²) in [6.45, 7) is 9.90. The summed E-state index contributed by atoms with van der Waals surface area (Å²) in [6, 6.07) is -1.83. The first-order valence-electron chi connectivity index (χ1n) is 9.27. The van der Waals surface area contributed by atoms with Gasteiger partial charge in [0, 0.05) is 58.8 Å². The van der Waals surface area contributed by atoms with Crippen LogP contribution < -0.4 is 9.95 Å². The predicted molar refractivity (Wildman–Crippen MR) is 139 cm³/mol. The molecule has 0 heterocycles. The van der Waals surface area contributed by atoms with E-state index in [0.717, 1.165) is 0 Å². The predicted octanol–water partition coefficient (Wildman–Crippen LogP) is -1.74. The highest BCUT2D eigenvalue weighted by atomic mass is 32.2. The van der Waals surface area contributed by atoms with Crippen molar-refractivity contribution < 1.29 is 13.2 Å². The first kappa shape index (κ1) is 29.4. The molecular formula is C11H23B11N2O3S2. The van der Waals surface area contributed by atoms with Crippen molar-refractivity contribution in [2.45, 2.75) is 52.9 Å². The Hall–Kier alpha value is 0.444. The van der Waals surface area contributed by atoms with E-state index in [0.29, 0.717) is 5.75 Å². The number of amides is 1. The van der Waals surface area contributed by atoms with Crippen LogP contribution in [0.1, 0.15) is 41.5 Å². The highest BCUT2D eigenvalue weighted by molar-refractivity contribution is 8.37. The summed E-state index contributed by atoms with van der Waals surface area (Å²) in [6.07, 6.45) is -2.03. The van der Waals surface area contributed by atoms with Crippen LogP contribution in [0.25, 0.3) is 0 Å². The van der Waals surface area contributed by atoms with Crippen LogP contribution in [0.5, 0.6) is 0 Å². The molecule has 0 aromatic rings. The molecular weight excluding hydrogens is 391 g/mol. The second-order valence-electron chi connectivity index (χ2n) is 9.31. The first-order chi connectivity index (χ1) is 12.8. The Labute approximate surface area is 191 Å². The molecule has 0 aliphatic rings. The molecule has 0 aromatic heterocycles. The van der Waals surface area contributed by atoms with E-state index in [2.05, 4.69) is 5.23 Å². The van der Waals surface area contributed by atoms with Crippen LogP contribution in [0.4, 0.5) is 4.79 Å². The van der Waals surface area contributed by atoms with E-state index in [9.17, 15) is 13.2 Å². The standard InChI is InChI=1S/C11H23B11N2O3S2/c1-10(2,3)8(7-28-21(17)19(13)14)23-22(20(15)16)29(26,27)24-9(25)18(12)11(4,5)6/h8,23H,7H2,1-6H3,(H,24,25). The molecule has 18 heteroatoms. The summed E-state index contributed by atoms with van der Waals surface area (Å²) in [4.78, 5) is 12.3. The summed E-state index contributed by atoms with van der Waals surface area (Å²) in [7, 11) is 30.1. The van der Waals surface area contributed by atoms with E-state index in [4.69, 9.17) is 46.4 Å². The first-order valence-corrected chi connectivity index (χ1v) is 11.9. The molecule has 0 saturated carbocycles. The smallest absolute Gasteiger partial charge is 0.338 e. The summed E-state index contributed by atoms with van der Waals surface area (Å²) in [5, 5.41) is 2.33. The van der Waals surface area contributed by atoms with Gasteiger partial charge in [-0.25, -0.2) is 20.0 Å². The molecule has 29 heavy (non-hydrogen) atoms. The van der Waals surface area contributed by atoms with E-state index in [-0.39, 0.29) is 11.5 Å². The van der Waals surface area contributed by atoms with Gasteiger partial charge in [-0.3, -0.25) is 9.52 Å². The van der Waals surface area contributed by atoms with Crippen molar-refractivity contribution in [1.82, 2.24) is 9.95 Å². The maximum Gasteiger partial charge on any atom is 0.338 e. The molecule has 1 amide bonds. The van der Waals surface area contributed by atoms with Gasteiger partial charge in [0.1, 0.15) is 5.77 Å². The monoisotopic (exact) mass is 416 g/mol. The molecule has 1 atom stereocenters. The fraction of sp³-hybridized carbons (Fsp3) is 0.909. The summed E-state index contributed by atoms with van der Waals surface area (Å²) < 4.78 is 27.7. The second kappa shape index (κ2) is 11.4. The van der Waals surface area contributed by atoms with Crippen molar-refractivity contribution >= 4 is 105 Å². The Bertz CT molecular complexity index is 639. The van der Waals surface area contributed by atoms with E-state index in [1.807, 2.05) is 25.5 Å². The van der Waals surface area contributed by atoms with Crippen LogP contribution in [-0.4, -0.2) is 104 Å². The van der Waals surface area contributed by atoms with Crippen LogP contribution in [0, 0.1) is 5.41 Å². The molecule has 0 fully saturated rings. The van der Waals surface area contributed by atoms with Crippen LogP contribution in [-0.2, 0) is 9.87 Å². The van der Waals surface area contributed by atoms with Crippen LogP contribution in [0.15, 0.2) is 0 Å². The third-order valence-electron chi connectivity index (χ3n) is 4.39. The lowest BCUT2D eigenvalue weighted by molar-refractivity contribution is 0.262. The number of hydrogen-bond donors (Lipinski definition) is 2. The fourth-order valence-corrected chi connectivity index (χ4v) is 4.66. The minimum Gasteiger partial charge on any atom is -0.344 e. The number of nitrogens with one attached hydrogen (secondary N) is 2. The van der Waals surface area contributed by atoms with Gasteiger partial charge in [-0.05, 0) is 11.2 Å².